The molecule has 46 heavy (non-hydrogen) atoms. The van der Waals surface area contributed by atoms with E-state index in [1.807, 2.05) is 24.3 Å². The van der Waals surface area contributed by atoms with Crippen molar-refractivity contribution in [1.82, 2.24) is 9.97 Å². The van der Waals surface area contributed by atoms with E-state index in [0.717, 1.165) is 33.4 Å². The predicted octanol–water partition coefficient (Wildman–Crippen LogP) is 10.3. The first kappa shape index (κ1) is 27.0. The summed E-state index contributed by atoms with van der Waals surface area (Å²) in [5, 5.41) is 25.9. The lowest BCUT2D eigenvalue weighted by Gasteiger charge is -2.20. The lowest BCUT2D eigenvalue weighted by atomic mass is 9.83. The van der Waals surface area contributed by atoms with Crippen molar-refractivity contribution in [2.75, 3.05) is 0 Å². The van der Waals surface area contributed by atoms with Gasteiger partial charge >= 0.3 is 0 Å². The maximum atomic E-state index is 9.35. The van der Waals surface area contributed by atoms with Crippen molar-refractivity contribution in [2.24, 2.45) is 0 Å². The van der Waals surface area contributed by atoms with Gasteiger partial charge in [-0.25, -0.2) is 9.97 Å². The molecule has 0 unspecified atom stereocenters. The minimum absolute atomic E-state index is 0.404. The number of pyridine rings is 2. The van der Waals surface area contributed by atoms with Gasteiger partial charge in [-0.3, -0.25) is 0 Å². The van der Waals surface area contributed by atoms with Crippen molar-refractivity contribution >= 4 is 32.3 Å². The molecule has 4 nitrogen and oxygen atoms in total. The smallest absolute Gasteiger partial charge is 0.141 e. The van der Waals surface area contributed by atoms with Crippen LogP contribution in [0.5, 0.6) is 0 Å². The monoisotopic (exact) mass is 584 g/mol. The van der Waals surface area contributed by atoms with Gasteiger partial charge in [0.2, 0.25) is 0 Å². The number of aromatic nitrogens is 2. The van der Waals surface area contributed by atoms with E-state index >= 15 is 0 Å². The van der Waals surface area contributed by atoms with Crippen LogP contribution in [0, 0.1) is 22.7 Å². The van der Waals surface area contributed by atoms with Crippen LogP contribution in [-0.2, 0) is 0 Å². The summed E-state index contributed by atoms with van der Waals surface area (Å²) in [5.41, 5.74) is 9.46. The summed E-state index contributed by atoms with van der Waals surface area (Å²) in [4.78, 5) is 8.26. The number of nitrogens with zero attached hydrogens (tertiary/aromatic N) is 4. The second-order valence-electron chi connectivity index (χ2n) is 11.2. The lowest BCUT2D eigenvalue weighted by Crippen LogP contribution is -1.92. The van der Waals surface area contributed by atoms with E-state index in [4.69, 9.17) is 0 Å². The number of nitriles is 2. The topological polar surface area (TPSA) is 73.4 Å². The molecule has 8 rings (SSSR count). The Morgan fingerprint density at radius 3 is 1.43 bits per heavy atom. The molecule has 0 atom stereocenters. The minimum atomic E-state index is 0.404. The van der Waals surface area contributed by atoms with E-state index < -0.39 is 0 Å². The number of fused-ring (bicyclic) bond motifs is 4. The molecule has 0 fully saturated rings. The van der Waals surface area contributed by atoms with Crippen LogP contribution in [-0.4, -0.2) is 9.97 Å². The summed E-state index contributed by atoms with van der Waals surface area (Å²) < 4.78 is 0. The number of hydrogen-bond acceptors (Lipinski definition) is 4. The zero-order valence-corrected chi connectivity index (χ0v) is 24.6. The van der Waals surface area contributed by atoms with Crippen molar-refractivity contribution in [3.8, 4) is 56.6 Å². The Morgan fingerprint density at radius 2 is 0.870 bits per heavy atom. The summed E-state index contributed by atoms with van der Waals surface area (Å²) in [5.74, 6) is 0. The van der Waals surface area contributed by atoms with Crippen molar-refractivity contribution in [2.45, 2.75) is 0 Å². The first-order valence-corrected chi connectivity index (χ1v) is 15.0. The molecular weight excluding hydrogens is 560 g/mol. The summed E-state index contributed by atoms with van der Waals surface area (Å²) in [6, 6.07) is 50.7. The molecule has 0 aliphatic heterocycles. The average molecular weight is 585 g/mol. The molecule has 0 N–H and O–H groups in total. The molecule has 0 aliphatic carbocycles. The Morgan fingerprint density at radius 1 is 0.391 bits per heavy atom. The molecule has 8 aromatic rings. The van der Waals surface area contributed by atoms with E-state index in [1.165, 1.54) is 43.4 Å². The summed E-state index contributed by atoms with van der Waals surface area (Å²) >= 11 is 0. The fourth-order valence-electron chi connectivity index (χ4n) is 6.56. The first-order valence-electron chi connectivity index (χ1n) is 15.0. The maximum absolute atomic E-state index is 9.35. The first-order chi connectivity index (χ1) is 22.7. The van der Waals surface area contributed by atoms with Gasteiger partial charge in [0, 0.05) is 12.4 Å². The molecule has 0 amide bonds. The van der Waals surface area contributed by atoms with E-state index in [1.54, 1.807) is 12.4 Å². The van der Waals surface area contributed by atoms with Crippen molar-refractivity contribution in [3.05, 3.63) is 157 Å². The largest absolute Gasteiger partial charge is 0.246 e. The molecular formula is C42H24N4. The molecule has 2 aromatic heterocycles. The van der Waals surface area contributed by atoms with Gasteiger partial charge in [0.05, 0.1) is 0 Å². The maximum Gasteiger partial charge on any atom is 0.141 e. The third-order valence-electron chi connectivity index (χ3n) is 8.68. The highest BCUT2D eigenvalue weighted by atomic mass is 14.7. The fraction of sp³-hybridized carbons (Fsp3) is 0. The van der Waals surface area contributed by atoms with Crippen LogP contribution in [0.2, 0.25) is 0 Å². The second kappa shape index (κ2) is 11.1. The van der Waals surface area contributed by atoms with Gasteiger partial charge in [-0.15, -0.1) is 0 Å². The van der Waals surface area contributed by atoms with Crippen molar-refractivity contribution in [3.63, 3.8) is 0 Å². The van der Waals surface area contributed by atoms with Gasteiger partial charge < -0.3 is 0 Å². The molecule has 0 aliphatic rings. The lowest BCUT2D eigenvalue weighted by molar-refractivity contribution is 1.26. The number of hydrogen-bond donors (Lipinski definition) is 0. The Bertz CT molecular complexity index is 2530. The summed E-state index contributed by atoms with van der Waals surface area (Å²) in [6.07, 6.45) is 3.36. The zero-order valence-electron chi connectivity index (χ0n) is 24.6. The highest BCUT2D eigenvalue weighted by Crippen LogP contribution is 2.46. The minimum Gasteiger partial charge on any atom is -0.246 e. The zero-order chi connectivity index (χ0) is 31.0. The molecule has 0 radical (unpaired) electrons. The molecule has 2 heterocycles. The number of rotatable bonds is 4. The van der Waals surface area contributed by atoms with Crippen LogP contribution >= 0.6 is 0 Å². The SMILES string of the molecule is N#Cc1cc(-c2ccc(-c3c4ccccc4c(-c4ccc(-c5ccnc(C#N)c5)cc4)c4c3ccc3ccccc34)cc2)ccn1. The Labute approximate surface area is 266 Å². The quantitative estimate of drug-likeness (QED) is 0.152. The van der Waals surface area contributed by atoms with Crippen LogP contribution in [0.3, 0.4) is 0 Å². The molecule has 0 saturated carbocycles. The third-order valence-corrected chi connectivity index (χ3v) is 8.68. The fourth-order valence-corrected chi connectivity index (χ4v) is 6.56. The van der Waals surface area contributed by atoms with Crippen LogP contribution < -0.4 is 0 Å². The molecule has 0 bridgehead atoms. The summed E-state index contributed by atoms with van der Waals surface area (Å²) in [6.45, 7) is 0. The van der Waals surface area contributed by atoms with Crippen molar-refractivity contribution in [1.29, 1.82) is 10.5 Å². The third kappa shape index (κ3) is 4.54. The van der Waals surface area contributed by atoms with Crippen LogP contribution in [0.1, 0.15) is 11.4 Å². The Kier molecular flexibility index (Phi) is 6.53. The molecule has 0 spiro atoms. The molecule has 212 valence electrons. The Balaban J connectivity index is 1.37. The van der Waals surface area contributed by atoms with Gasteiger partial charge in [0.25, 0.3) is 0 Å². The highest BCUT2D eigenvalue weighted by Gasteiger charge is 2.19. The van der Waals surface area contributed by atoms with E-state index in [0.29, 0.717) is 11.4 Å². The van der Waals surface area contributed by atoms with Gasteiger partial charge in [0.1, 0.15) is 23.5 Å². The molecule has 6 aromatic carbocycles. The van der Waals surface area contributed by atoms with Gasteiger partial charge in [-0.2, -0.15) is 10.5 Å². The van der Waals surface area contributed by atoms with E-state index in [-0.39, 0.29) is 0 Å². The van der Waals surface area contributed by atoms with Gasteiger partial charge in [-0.1, -0.05) is 109 Å². The molecule has 4 heteroatoms. The van der Waals surface area contributed by atoms with Crippen molar-refractivity contribution < 1.29 is 0 Å². The Hall–Kier alpha value is -6.62. The predicted molar refractivity (Wildman–Crippen MR) is 186 cm³/mol. The summed E-state index contributed by atoms with van der Waals surface area (Å²) in [7, 11) is 0. The van der Waals surface area contributed by atoms with Gasteiger partial charge in [-0.05, 0) is 101 Å². The number of benzene rings is 6. The standard InChI is InChI=1S/C42H24N4/c43-25-34-23-32(19-21-45-34)27-9-13-30(14-10-27)40-37-7-3-4-8-38(37)41(42-36-6-2-1-5-29(36)17-18-39(40)42)31-15-11-28(12-16-31)33-20-22-46-35(24-33)26-44/h1-24H. The van der Waals surface area contributed by atoms with Crippen LogP contribution in [0.25, 0.3) is 76.8 Å². The van der Waals surface area contributed by atoms with Crippen LogP contribution in [0.15, 0.2) is 146 Å². The average Bonchev–Trinajstić information content (AvgIpc) is 3.14. The van der Waals surface area contributed by atoms with E-state index in [9.17, 15) is 10.5 Å². The second-order valence-corrected chi connectivity index (χ2v) is 11.2. The van der Waals surface area contributed by atoms with E-state index in [2.05, 4.69) is 131 Å². The molecule has 0 saturated heterocycles. The van der Waals surface area contributed by atoms with Gasteiger partial charge in [0.15, 0.2) is 0 Å². The highest BCUT2D eigenvalue weighted by molar-refractivity contribution is 6.27. The van der Waals surface area contributed by atoms with Crippen LogP contribution in [0.4, 0.5) is 0 Å². The normalized spacial score (nSPS) is 11.0.